The van der Waals surface area contributed by atoms with Gasteiger partial charge >= 0.3 is 0 Å². The molecule has 0 spiro atoms. The quantitative estimate of drug-likeness (QED) is 0.777. The van der Waals surface area contributed by atoms with Crippen molar-refractivity contribution in [2.75, 3.05) is 0 Å². The number of nitrogens with zero attached hydrogens (tertiary/aromatic N) is 1. The van der Waals surface area contributed by atoms with E-state index in [0.717, 1.165) is 18.8 Å². The molecule has 1 rings (SSSR count). The molecule has 0 aliphatic carbocycles. The third-order valence-electron chi connectivity index (χ3n) is 2.60. The number of hydrogen-bond acceptors (Lipinski definition) is 2. The molecule has 0 saturated carbocycles. The van der Waals surface area contributed by atoms with E-state index >= 15 is 0 Å². The molecule has 0 bridgehead atoms. The molecule has 0 radical (unpaired) electrons. The van der Waals surface area contributed by atoms with Gasteiger partial charge in [-0.15, -0.1) is 0 Å². The minimum absolute atomic E-state index is 0.297. The van der Waals surface area contributed by atoms with Crippen molar-refractivity contribution in [3.05, 3.63) is 30.1 Å². The first kappa shape index (κ1) is 12.2. The lowest BCUT2D eigenvalue weighted by Gasteiger charge is -2.12. The lowest BCUT2D eigenvalue weighted by atomic mass is 9.99. The van der Waals surface area contributed by atoms with Crippen LogP contribution in [0.3, 0.4) is 0 Å². The van der Waals surface area contributed by atoms with Crippen LogP contribution in [-0.4, -0.2) is 11.0 Å². The maximum Gasteiger partial charge on any atom is 0.0270 e. The Balaban J connectivity index is 2.21. The summed E-state index contributed by atoms with van der Waals surface area (Å²) in [5.74, 6) is 0.790. The van der Waals surface area contributed by atoms with Crippen LogP contribution in [0.15, 0.2) is 24.5 Å². The first-order chi connectivity index (χ1) is 7.18. The second-order valence-electron chi connectivity index (χ2n) is 4.64. The van der Waals surface area contributed by atoms with Gasteiger partial charge in [0, 0.05) is 18.4 Å². The Labute approximate surface area is 92.9 Å². The predicted molar refractivity (Wildman–Crippen MR) is 64.6 cm³/mol. The molecule has 0 saturated heterocycles. The van der Waals surface area contributed by atoms with Gasteiger partial charge in [-0.2, -0.15) is 0 Å². The number of pyridine rings is 1. The minimum atomic E-state index is 0.297. The summed E-state index contributed by atoms with van der Waals surface area (Å²) in [5, 5.41) is 0. The van der Waals surface area contributed by atoms with Crippen LogP contribution in [-0.2, 0) is 6.42 Å². The largest absolute Gasteiger partial charge is 0.327 e. The predicted octanol–water partition coefficient (Wildman–Crippen LogP) is 2.78. The SMILES string of the molecule is CC(C)CCCC(N)Cc1ccncc1. The molecule has 2 nitrogen and oxygen atoms in total. The Kier molecular flexibility index (Phi) is 5.33. The number of rotatable bonds is 6. The highest BCUT2D eigenvalue weighted by Gasteiger charge is 2.04. The zero-order valence-corrected chi connectivity index (χ0v) is 9.82. The van der Waals surface area contributed by atoms with E-state index in [1.54, 1.807) is 0 Å². The van der Waals surface area contributed by atoms with Crippen molar-refractivity contribution in [2.45, 2.75) is 45.6 Å². The van der Waals surface area contributed by atoms with E-state index in [1.807, 2.05) is 24.5 Å². The number of aromatic nitrogens is 1. The molecule has 1 aromatic heterocycles. The van der Waals surface area contributed by atoms with Crippen molar-refractivity contribution in [2.24, 2.45) is 11.7 Å². The average molecular weight is 206 g/mol. The molecule has 2 heteroatoms. The summed E-state index contributed by atoms with van der Waals surface area (Å²) in [5.41, 5.74) is 7.37. The topological polar surface area (TPSA) is 38.9 Å². The van der Waals surface area contributed by atoms with E-state index in [0.29, 0.717) is 6.04 Å². The van der Waals surface area contributed by atoms with Crippen molar-refractivity contribution >= 4 is 0 Å². The monoisotopic (exact) mass is 206 g/mol. The third kappa shape index (κ3) is 5.53. The molecular weight excluding hydrogens is 184 g/mol. The fourth-order valence-corrected chi connectivity index (χ4v) is 1.71. The molecule has 1 heterocycles. The highest BCUT2D eigenvalue weighted by atomic mass is 14.6. The Bertz CT molecular complexity index is 256. The number of nitrogens with two attached hydrogens (primary N) is 1. The third-order valence-corrected chi connectivity index (χ3v) is 2.60. The lowest BCUT2D eigenvalue weighted by Crippen LogP contribution is -2.22. The van der Waals surface area contributed by atoms with Crippen molar-refractivity contribution < 1.29 is 0 Å². The van der Waals surface area contributed by atoms with E-state index in [2.05, 4.69) is 18.8 Å². The van der Waals surface area contributed by atoms with Crippen LogP contribution in [0, 0.1) is 5.92 Å². The Morgan fingerprint density at radius 3 is 2.47 bits per heavy atom. The highest BCUT2D eigenvalue weighted by molar-refractivity contribution is 5.10. The van der Waals surface area contributed by atoms with Gasteiger partial charge in [0.15, 0.2) is 0 Å². The first-order valence-corrected chi connectivity index (χ1v) is 5.83. The zero-order valence-electron chi connectivity index (χ0n) is 9.82. The molecule has 0 amide bonds. The highest BCUT2D eigenvalue weighted by Crippen LogP contribution is 2.10. The maximum absolute atomic E-state index is 6.07. The molecule has 0 aromatic carbocycles. The lowest BCUT2D eigenvalue weighted by molar-refractivity contribution is 0.496. The van der Waals surface area contributed by atoms with Gasteiger partial charge in [-0.05, 0) is 36.5 Å². The summed E-state index contributed by atoms with van der Waals surface area (Å²) in [7, 11) is 0. The molecular formula is C13H22N2. The molecule has 1 atom stereocenters. The van der Waals surface area contributed by atoms with Crippen LogP contribution in [0.1, 0.15) is 38.7 Å². The van der Waals surface area contributed by atoms with Crippen LogP contribution >= 0.6 is 0 Å². The van der Waals surface area contributed by atoms with Crippen LogP contribution in [0.4, 0.5) is 0 Å². The van der Waals surface area contributed by atoms with E-state index in [1.165, 1.54) is 18.4 Å². The molecule has 84 valence electrons. The van der Waals surface area contributed by atoms with Crippen molar-refractivity contribution in [3.8, 4) is 0 Å². The fraction of sp³-hybridized carbons (Fsp3) is 0.615. The van der Waals surface area contributed by atoms with Gasteiger partial charge in [0.25, 0.3) is 0 Å². The molecule has 1 aromatic rings. The maximum atomic E-state index is 6.07. The fourth-order valence-electron chi connectivity index (χ4n) is 1.71. The van der Waals surface area contributed by atoms with Gasteiger partial charge in [-0.1, -0.05) is 26.7 Å². The molecule has 0 aliphatic rings. The van der Waals surface area contributed by atoms with Gasteiger partial charge in [-0.3, -0.25) is 4.98 Å². The van der Waals surface area contributed by atoms with Crippen LogP contribution in [0.25, 0.3) is 0 Å². The Hall–Kier alpha value is -0.890. The summed E-state index contributed by atoms with van der Waals surface area (Å²) in [6.45, 7) is 4.52. The van der Waals surface area contributed by atoms with Gasteiger partial charge in [0.1, 0.15) is 0 Å². The van der Waals surface area contributed by atoms with E-state index < -0.39 is 0 Å². The normalized spacial score (nSPS) is 13.1. The average Bonchev–Trinajstić information content (AvgIpc) is 2.18. The molecule has 1 unspecified atom stereocenters. The van der Waals surface area contributed by atoms with Gasteiger partial charge in [0.05, 0.1) is 0 Å². The summed E-state index contributed by atoms with van der Waals surface area (Å²) in [6.07, 6.45) is 8.28. The second-order valence-corrected chi connectivity index (χ2v) is 4.64. The van der Waals surface area contributed by atoms with Crippen LogP contribution in [0.2, 0.25) is 0 Å². The minimum Gasteiger partial charge on any atom is -0.327 e. The smallest absolute Gasteiger partial charge is 0.0270 e. The summed E-state index contributed by atoms with van der Waals surface area (Å²) in [6, 6.07) is 4.39. The first-order valence-electron chi connectivity index (χ1n) is 5.83. The van der Waals surface area contributed by atoms with Gasteiger partial charge in [-0.25, -0.2) is 0 Å². The summed E-state index contributed by atoms with van der Waals surface area (Å²) >= 11 is 0. The van der Waals surface area contributed by atoms with Crippen LogP contribution in [0.5, 0.6) is 0 Å². The molecule has 0 fully saturated rings. The van der Waals surface area contributed by atoms with E-state index in [4.69, 9.17) is 5.73 Å². The Morgan fingerprint density at radius 2 is 1.87 bits per heavy atom. The van der Waals surface area contributed by atoms with E-state index in [9.17, 15) is 0 Å². The summed E-state index contributed by atoms with van der Waals surface area (Å²) < 4.78 is 0. The molecule has 0 aliphatic heterocycles. The molecule has 2 N–H and O–H groups in total. The van der Waals surface area contributed by atoms with Crippen molar-refractivity contribution in [3.63, 3.8) is 0 Å². The molecule has 15 heavy (non-hydrogen) atoms. The Morgan fingerprint density at radius 1 is 1.20 bits per heavy atom. The van der Waals surface area contributed by atoms with Gasteiger partial charge < -0.3 is 5.73 Å². The van der Waals surface area contributed by atoms with Crippen molar-refractivity contribution in [1.82, 2.24) is 4.98 Å². The second kappa shape index (κ2) is 6.57. The van der Waals surface area contributed by atoms with Crippen LogP contribution < -0.4 is 5.73 Å². The van der Waals surface area contributed by atoms with Gasteiger partial charge in [0.2, 0.25) is 0 Å². The van der Waals surface area contributed by atoms with E-state index in [-0.39, 0.29) is 0 Å². The number of hydrogen-bond donors (Lipinski definition) is 1. The zero-order chi connectivity index (χ0) is 11.1. The van der Waals surface area contributed by atoms with Crippen molar-refractivity contribution in [1.29, 1.82) is 0 Å². The standard InChI is InChI=1S/C13H22N2/c1-11(2)4-3-5-13(14)10-12-6-8-15-9-7-12/h6-9,11,13H,3-5,10,14H2,1-2H3. The summed E-state index contributed by atoms with van der Waals surface area (Å²) in [4.78, 5) is 4.00.